The third-order valence-corrected chi connectivity index (χ3v) is 5.66. The number of piperazine rings is 1. The molecule has 2 aromatic heterocycles. The first-order valence-electron chi connectivity index (χ1n) is 9.88. The number of rotatable bonds is 5. The number of nitrogens with one attached hydrogen (secondary N) is 1. The molecule has 7 nitrogen and oxygen atoms in total. The third-order valence-electron chi connectivity index (χ3n) is 5.44. The molecule has 0 aliphatic carbocycles. The van der Waals surface area contributed by atoms with Gasteiger partial charge in [-0.1, -0.05) is 23.7 Å². The Morgan fingerprint density at radius 3 is 2.53 bits per heavy atom. The van der Waals surface area contributed by atoms with Gasteiger partial charge in [0.2, 0.25) is 5.91 Å². The molecule has 1 aliphatic rings. The molecule has 0 spiro atoms. The third kappa shape index (κ3) is 4.04. The summed E-state index contributed by atoms with van der Waals surface area (Å²) in [5.74, 6) is 0.669. The number of fused-ring (bicyclic) bond motifs is 1. The molecule has 1 aliphatic heterocycles. The Labute approximate surface area is 179 Å². The van der Waals surface area contributed by atoms with Crippen LogP contribution in [0.3, 0.4) is 0 Å². The molecule has 30 heavy (non-hydrogen) atoms. The molecule has 156 valence electrons. The number of nitrogens with zero attached hydrogens (tertiary/aromatic N) is 3. The van der Waals surface area contributed by atoms with E-state index in [1.54, 1.807) is 12.3 Å². The van der Waals surface area contributed by atoms with Crippen LogP contribution in [0.25, 0.3) is 11.0 Å². The van der Waals surface area contributed by atoms with Crippen LogP contribution in [0, 0.1) is 0 Å². The van der Waals surface area contributed by atoms with Gasteiger partial charge in [0.05, 0.1) is 16.8 Å². The van der Waals surface area contributed by atoms with Crippen LogP contribution >= 0.6 is 11.6 Å². The van der Waals surface area contributed by atoms with Crippen molar-refractivity contribution in [2.24, 2.45) is 0 Å². The van der Waals surface area contributed by atoms with Gasteiger partial charge in [0, 0.05) is 44.7 Å². The lowest BCUT2D eigenvalue weighted by atomic mass is 10.1. The zero-order chi connectivity index (χ0) is 21.3. The number of anilines is 2. The molecule has 3 heterocycles. The standard InChI is InChI=1S/C22H23ClN4O3/c1-14(26-9-11-27(12-10-26)19-8-7-16(23)13-24-19)22(29)25-20-17-5-3-4-6-18(17)30-21(20)15(2)28/h3-8,13-14H,9-12H2,1-2H3,(H,25,29). The molecule has 1 fully saturated rings. The molecule has 1 unspecified atom stereocenters. The number of furan rings is 1. The molecular formula is C22H23ClN4O3. The summed E-state index contributed by atoms with van der Waals surface area (Å²) in [5, 5.41) is 4.26. The monoisotopic (exact) mass is 426 g/mol. The van der Waals surface area contributed by atoms with Crippen molar-refractivity contribution in [2.75, 3.05) is 36.4 Å². The maximum Gasteiger partial charge on any atom is 0.241 e. The highest BCUT2D eigenvalue weighted by Crippen LogP contribution is 2.31. The van der Waals surface area contributed by atoms with Crippen LogP contribution in [-0.2, 0) is 4.79 Å². The van der Waals surface area contributed by atoms with E-state index in [-0.39, 0.29) is 23.5 Å². The van der Waals surface area contributed by atoms with Crippen molar-refractivity contribution in [3.63, 3.8) is 0 Å². The fourth-order valence-electron chi connectivity index (χ4n) is 3.70. The van der Waals surface area contributed by atoms with Crippen LogP contribution in [0.2, 0.25) is 5.02 Å². The highest BCUT2D eigenvalue weighted by atomic mass is 35.5. The van der Waals surface area contributed by atoms with Crippen LogP contribution < -0.4 is 10.2 Å². The Morgan fingerprint density at radius 2 is 1.87 bits per heavy atom. The van der Waals surface area contributed by atoms with E-state index in [4.69, 9.17) is 16.0 Å². The lowest BCUT2D eigenvalue weighted by Gasteiger charge is -2.37. The highest BCUT2D eigenvalue weighted by molar-refractivity contribution is 6.30. The van der Waals surface area contributed by atoms with Crippen molar-refractivity contribution in [2.45, 2.75) is 19.9 Å². The Kier molecular flexibility index (Phi) is 5.74. The molecule has 1 amide bonds. The topological polar surface area (TPSA) is 78.7 Å². The van der Waals surface area contributed by atoms with Crippen LogP contribution in [0.5, 0.6) is 0 Å². The van der Waals surface area contributed by atoms with Crippen molar-refractivity contribution in [3.8, 4) is 0 Å². The summed E-state index contributed by atoms with van der Waals surface area (Å²) >= 11 is 5.91. The maximum absolute atomic E-state index is 13.0. The molecule has 0 radical (unpaired) electrons. The lowest BCUT2D eigenvalue weighted by molar-refractivity contribution is -0.120. The lowest BCUT2D eigenvalue weighted by Crippen LogP contribution is -2.53. The second-order valence-electron chi connectivity index (χ2n) is 7.38. The predicted octanol–water partition coefficient (Wildman–Crippen LogP) is 3.83. The second kappa shape index (κ2) is 8.45. The zero-order valence-corrected chi connectivity index (χ0v) is 17.6. The van der Waals surface area contributed by atoms with E-state index in [2.05, 4.69) is 20.1 Å². The molecule has 1 N–H and O–H groups in total. The molecule has 1 aromatic carbocycles. The summed E-state index contributed by atoms with van der Waals surface area (Å²) in [7, 11) is 0. The first kappa shape index (κ1) is 20.4. The molecule has 4 rings (SSSR count). The van der Waals surface area contributed by atoms with Gasteiger partial charge in [0.25, 0.3) is 0 Å². The van der Waals surface area contributed by atoms with Crippen LogP contribution in [0.4, 0.5) is 11.5 Å². The maximum atomic E-state index is 13.0. The summed E-state index contributed by atoms with van der Waals surface area (Å²) in [5.41, 5.74) is 1.02. The minimum absolute atomic E-state index is 0.165. The number of Topliss-reactive ketones (excluding diaryl/α,β-unsaturated/α-hetero) is 1. The number of ketones is 1. The van der Waals surface area contributed by atoms with Crippen LogP contribution in [-0.4, -0.2) is 53.8 Å². The van der Waals surface area contributed by atoms with E-state index in [0.717, 1.165) is 37.4 Å². The van der Waals surface area contributed by atoms with Gasteiger partial charge in [-0.15, -0.1) is 0 Å². The summed E-state index contributed by atoms with van der Waals surface area (Å²) in [6.45, 7) is 6.29. The minimum Gasteiger partial charge on any atom is -0.451 e. The first-order chi connectivity index (χ1) is 14.4. The van der Waals surface area contributed by atoms with E-state index < -0.39 is 0 Å². The summed E-state index contributed by atoms with van der Waals surface area (Å²) in [4.78, 5) is 33.6. The van der Waals surface area contributed by atoms with E-state index in [0.29, 0.717) is 16.3 Å². The number of aromatic nitrogens is 1. The van der Waals surface area contributed by atoms with E-state index in [1.807, 2.05) is 37.3 Å². The first-order valence-corrected chi connectivity index (χ1v) is 10.3. The van der Waals surface area contributed by atoms with Gasteiger partial charge in [0.15, 0.2) is 11.5 Å². The van der Waals surface area contributed by atoms with Gasteiger partial charge in [-0.25, -0.2) is 4.98 Å². The minimum atomic E-state index is -0.348. The van der Waals surface area contributed by atoms with Crippen molar-refractivity contribution in [3.05, 3.63) is 53.4 Å². The van der Waals surface area contributed by atoms with Gasteiger partial charge in [0.1, 0.15) is 11.4 Å². The SMILES string of the molecule is CC(=O)c1oc2ccccc2c1NC(=O)C(C)N1CCN(c2ccc(Cl)cn2)CC1. The van der Waals surface area contributed by atoms with Gasteiger partial charge in [-0.05, 0) is 31.2 Å². The Balaban J connectivity index is 1.44. The number of pyridine rings is 1. The normalized spacial score (nSPS) is 15.9. The number of benzene rings is 1. The van der Waals surface area contributed by atoms with E-state index >= 15 is 0 Å². The van der Waals surface area contributed by atoms with Crippen molar-refractivity contribution in [1.82, 2.24) is 9.88 Å². The Morgan fingerprint density at radius 1 is 1.13 bits per heavy atom. The largest absolute Gasteiger partial charge is 0.451 e. The molecule has 1 atom stereocenters. The number of carbonyl (C=O) groups is 2. The average Bonchev–Trinajstić information content (AvgIpc) is 3.13. The predicted molar refractivity (Wildman–Crippen MR) is 117 cm³/mol. The molecule has 0 bridgehead atoms. The van der Waals surface area contributed by atoms with Gasteiger partial charge in [-0.2, -0.15) is 0 Å². The molecule has 0 saturated carbocycles. The number of carbonyl (C=O) groups excluding carboxylic acids is 2. The van der Waals surface area contributed by atoms with Gasteiger partial charge in [-0.3, -0.25) is 14.5 Å². The zero-order valence-electron chi connectivity index (χ0n) is 16.9. The molecule has 8 heteroatoms. The number of hydrogen-bond acceptors (Lipinski definition) is 6. The van der Waals surface area contributed by atoms with E-state index in [9.17, 15) is 9.59 Å². The summed E-state index contributed by atoms with van der Waals surface area (Å²) in [6.07, 6.45) is 1.64. The second-order valence-corrected chi connectivity index (χ2v) is 7.82. The van der Waals surface area contributed by atoms with Crippen LogP contribution in [0.1, 0.15) is 24.4 Å². The van der Waals surface area contributed by atoms with Crippen molar-refractivity contribution in [1.29, 1.82) is 0 Å². The number of halogens is 1. The van der Waals surface area contributed by atoms with E-state index in [1.165, 1.54) is 6.92 Å². The fourth-order valence-corrected chi connectivity index (χ4v) is 3.82. The number of hydrogen-bond donors (Lipinski definition) is 1. The fraction of sp³-hybridized carbons (Fsp3) is 0.318. The van der Waals surface area contributed by atoms with Gasteiger partial charge < -0.3 is 14.6 Å². The molecule has 1 saturated heterocycles. The highest BCUT2D eigenvalue weighted by Gasteiger charge is 2.28. The molecular weight excluding hydrogens is 404 g/mol. The number of para-hydroxylation sites is 1. The van der Waals surface area contributed by atoms with Gasteiger partial charge >= 0.3 is 0 Å². The smallest absolute Gasteiger partial charge is 0.241 e. The molecule has 3 aromatic rings. The number of amides is 1. The van der Waals surface area contributed by atoms with Crippen LogP contribution in [0.15, 0.2) is 47.0 Å². The van der Waals surface area contributed by atoms with Crippen molar-refractivity contribution >= 4 is 45.8 Å². The average molecular weight is 427 g/mol. The van der Waals surface area contributed by atoms with Crippen molar-refractivity contribution < 1.29 is 14.0 Å². The summed E-state index contributed by atoms with van der Waals surface area (Å²) in [6, 6.07) is 10.7. The Bertz CT molecular complexity index is 1070. The quantitative estimate of drug-likeness (QED) is 0.624. The Hall–Kier alpha value is -2.90. The summed E-state index contributed by atoms with van der Waals surface area (Å²) < 4.78 is 5.66.